The molecule has 5 nitrogen and oxygen atoms in total. The molecule has 0 spiro atoms. The van der Waals surface area contributed by atoms with E-state index in [0.29, 0.717) is 0 Å². The standard InChI is InChI=1S/C14H15NO4/c1-10(16)15-12(13(17)9-14(18)19-2)8-11-6-4-3-5-7-11/h3-8H,9H2,1-2H3,(H,15,16)/b12-8+. The summed E-state index contributed by atoms with van der Waals surface area (Å²) in [6.07, 6.45) is 1.11. The van der Waals surface area contributed by atoms with Crippen molar-refractivity contribution in [2.45, 2.75) is 13.3 Å². The van der Waals surface area contributed by atoms with Crippen molar-refractivity contribution in [1.29, 1.82) is 0 Å². The number of carbonyl (C=O) groups excluding carboxylic acids is 3. The van der Waals surface area contributed by atoms with Gasteiger partial charge >= 0.3 is 5.97 Å². The van der Waals surface area contributed by atoms with Crippen LogP contribution < -0.4 is 5.32 Å². The molecule has 1 rings (SSSR count). The Morgan fingerprint density at radius 2 is 1.84 bits per heavy atom. The van der Waals surface area contributed by atoms with Gasteiger partial charge in [-0.1, -0.05) is 30.3 Å². The summed E-state index contributed by atoms with van der Waals surface area (Å²) in [5, 5.41) is 2.42. The normalized spacial score (nSPS) is 10.7. The molecule has 0 aliphatic rings. The predicted molar refractivity (Wildman–Crippen MR) is 69.9 cm³/mol. The molecular formula is C14H15NO4. The lowest BCUT2D eigenvalue weighted by Gasteiger charge is -2.06. The fourth-order valence-corrected chi connectivity index (χ4v) is 1.39. The van der Waals surface area contributed by atoms with Crippen LogP contribution in [0.25, 0.3) is 6.08 Å². The first kappa shape index (κ1) is 14.6. The Hall–Kier alpha value is -2.43. The smallest absolute Gasteiger partial charge is 0.313 e. The summed E-state index contributed by atoms with van der Waals surface area (Å²) in [4.78, 5) is 34.0. The molecule has 1 aromatic carbocycles. The molecule has 0 aliphatic carbocycles. The third-order valence-corrected chi connectivity index (χ3v) is 2.25. The number of benzene rings is 1. The van der Waals surface area contributed by atoms with Gasteiger partial charge in [-0.3, -0.25) is 14.4 Å². The van der Waals surface area contributed by atoms with Gasteiger partial charge in [0.15, 0.2) is 5.78 Å². The molecule has 0 heterocycles. The highest BCUT2D eigenvalue weighted by Gasteiger charge is 2.15. The minimum absolute atomic E-state index is 0.0732. The maximum absolute atomic E-state index is 11.9. The molecule has 1 amide bonds. The first-order valence-corrected chi connectivity index (χ1v) is 5.67. The van der Waals surface area contributed by atoms with E-state index < -0.39 is 18.2 Å². The van der Waals surface area contributed by atoms with Crippen LogP contribution in [0.5, 0.6) is 0 Å². The zero-order valence-corrected chi connectivity index (χ0v) is 10.8. The quantitative estimate of drug-likeness (QED) is 0.492. The van der Waals surface area contributed by atoms with Crippen LogP contribution >= 0.6 is 0 Å². The van der Waals surface area contributed by atoms with E-state index in [1.54, 1.807) is 12.1 Å². The lowest BCUT2D eigenvalue weighted by atomic mass is 10.1. The van der Waals surface area contributed by atoms with Crippen molar-refractivity contribution >= 4 is 23.7 Å². The van der Waals surface area contributed by atoms with E-state index in [9.17, 15) is 14.4 Å². The number of Topliss-reactive ketones (excluding diaryl/α,β-unsaturated/α-hetero) is 1. The van der Waals surface area contributed by atoms with Gasteiger partial charge in [0.2, 0.25) is 5.91 Å². The van der Waals surface area contributed by atoms with Gasteiger partial charge in [0.25, 0.3) is 0 Å². The van der Waals surface area contributed by atoms with Crippen molar-refractivity contribution in [1.82, 2.24) is 5.32 Å². The first-order valence-electron chi connectivity index (χ1n) is 5.67. The van der Waals surface area contributed by atoms with Gasteiger partial charge in [-0.05, 0) is 11.6 Å². The number of nitrogens with one attached hydrogen (secondary N) is 1. The van der Waals surface area contributed by atoms with Gasteiger partial charge in [-0.2, -0.15) is 0 Å². The van der Waals surface area contributed by atoms with Crippen LogP contribution in [0.2, 0.25) is 0 Å². The maximum Gasteiger partial charge on any atom is 0.313 e. The maximum atomic E-state index is 11.9. The number of hydrogen-bond acceptors (Lipinski definition) is 4. The molecule has 19 heavy (non-hydrogen) atoms. The number of carbonyl (C=O) groups is 3. The predicted octanol–water partition coefficient (Wildman–Crippen LogP) is 1.30. The van der Waals surface area contributed by atoms with Crippen molar-refractivity contribution in [3.05, 3.63) is 41.6 Å². The summed E-state index contributed by atoms with van der Waals surface area (Å²) < 4.78 is 4.43. The molecule has 0 saturated heterocycles. The van der Waals surface area contributed by atoms with E-state index in [1.807, 2.05) is 18.2 Å². The minimum atomic E-state index is -0.644. The molecule has 0 radical (unpaired) electrons. The van der Waals surface area contributed by atoms with Crippen LogP contribution in [-0.2, 0) is 19.1 Å². The monoisotopic (exact) mass is 261 g/mol. The van der Waals surface area contributed by atoms with E-state index >= 15 is 0 Å². The number of rotatable bonds is 5. The molecule has 1 N–H and O–H groups in total. The SMILES string of the molecule is COC(=O)CC(=O)/C(=C\c1ccccc1)NC(C)=O. The number of allylic oxidation sites excluding steroid dienone is 1. The number of ether oxygens (including phenoxy) is 1. The average Bonchev–Trinajstić information content (AvgIpc) is 2.38. The van der Waals surface area contributed by atoms with Gasteiger partial charge in [-0.25, -0.2) is 0 Å². The molecule has 0 fully saturated rings. The first-order chi connectivity index (χ1) is 9.02. The molecule has 0 unspecified atom stereocenters. The molecule has 0 bridgehead atoms. The molecular weight excluding hydrogens is 246 g/mol. The summed E-state index contributed by atoms with van der Waals surface area (Å²) in [5.41, 5.74) is 0.827. The number of methoxy groups -OCH3 is 1. The van der Waals surface area contributed by atoms with E-state index in [0.717, 1.165) is 5.56 Å². The van der Waals surface area contributed by atoms with Crippen molar-refractivity contribution in [3.63, 3.8) is 0 Å². The van der Waals surface area contributed by atoms with Crippen LogP contribution in [-0.4, -0.2) is 24.8 Å². The Kier molecular flexibility index (Phi) is 5.47. The minimum Gasteiger partial charge on any atom is -0.469 e. The zero-order valence-electron chi connectivity index (χ0n) is 10.8. The second-order valence-corrected chi connectivity index (χ2v) is 3.83. The Bertz CT molecular complexity index is 505. The topological polar surface area (TPSA) is 72.5 Å². The Labute approximate surface area is 111 Å². The van der Waals surface area contributed by atoms with Gasteiger partial charge in [0, 0.05) is 6.92 Å². The second-order valence-electron chi connectivity index (χ2n) is 3.83. The highest BCUT2D eigenvalue weighted by atomic mass is 16.5. The van der Waals surface area contributed by atoms with Crippen molar-refractivity contribution in [3.8, 4) is 0 Å². The Balaban J connectivity index is 2.94. The summed E-state index contributed by atoms with van der Waals surface area (Å²) in [7, 11) is 1.20. The van der Waals surface area contributed by atoms with Gasteiger partial charge in [-0.15, -0.1) is 0 Å². The lowest BCUT2D eigenvalue weighted by Crippen LogP contribution is -2.26. The highest BCUT2D eigenvalue weighted by molar-refractivity contribution is 6.09. The van der Waals surface area contributed by atoms with Crippen LogP contribution in [0.1, 0.15) is 18.9 Å². The van der Waals surface area contributed by atoms with E-state index in [2.05, 4.69) is 10.1 Å². The fraction of sp³-hybridized carbons (Fsp3) is 0.214. The van der Waals surface area contributed by atoms with E-state index in [4.69, 9.17) is 0 Å². The highest BCUT2D eigenvalue weighted by Crippen LogP contribution is 2.07. The van der Waals surface area contributed by atoms with Gasteiger partial charge in [0.05, 0.1) is 12.8 Å². The third kappa shape index (κ3) is 5.16. The lowest BCUT2D eigenvalue weighted by molar-refractivity contribution is -0.143. The number of ketones is 1. The molecule has 0 atom stereocenters. The number of hydrogen-bond donors (Lipinski definition) is 1. The summed E-state index contributed by atoms with van der Waals surface area (Å²) in [6, 6.07) is 9.02. The van der Waals surface area contributed by atoms with Crippen LogP contribution in [0.15, 0.2) is 36.0 Å². The molecule has 0 aliphatic heterocycles. The average molecular weight is 261 g/mol. The van der Waals surface area contributed by atoms with Crippen LogP contribution in [0, 0.1) is 0 Å². The number of amides is 1. The van der Waals surface area contributed by atoms with E-state index in [-0.39, 0.29) is 11.6 Å². The van der Waals surface area contributed by atoms with Crippen molar-refractivity contribution in [2.24, 2.45) is 0 Å². The van der Waals surface area contributed by atoms with Gasteiger partial charge < -0.3 is 10.1 Å². The van der Waals surface area contributed by atoms with Crippen molar-refractivity contribution in [2.75, 3.05) is 7.11 Å². The molecule has 0 saturated carbocycles. The van der Waals surface area contributed by atoms with E-state index in [1.165, 1.54) is 20.1 Å². The Morgan fingerprint density at radius 1 is 1.21 bits per heavy atom. The molecule has 100 valence electrons. The Morgan fingerprint density at radius 3 is 2.37 bits per heavy atom. The second kappa shape index (κ2) is 7.10. The molecule has 0 aromatic heterocycles. The largest absolute Gasteiger partial charge is 0.469 e. The van der Waals surface area contributed by atoms with Crippen LogP contribution in [0.4, 0.5) is 0 Å². The summed E-state index contributed by atoms with van der Waals surface area (Å²) in [5.74, 6) is -1.51. The summed E-state index contributed by atoms with van der Waals surface area (Å²) >= 11 is 0. The van der Waals surface area contributed by atoms with Crippen LogP contribution in [0.3, 0.4) is 0 Å². The molecule has 5 heteroatoms. The third-order valence-electron chi connectivity index (χ3n) is 2.25. The molecule has 1 aromatic rings. The fourth-order valence-electron chi connectivity index (χ4n) is 1.39. The summed E-state index contributed by atoms with van der Waals surface area (Å²) in [6.45, 7) is 1.30. The van der Waals surface area contributed by atoms with Crippen molar-refractivity contribution < 1.29 is 19.1 Å². The zero-order chi connectivity index (χ0) is 14.3. The number of esters is 1. The van der Waals surface area contributed by atoms with Gasteiger partial charge in [0.1, 0.15) is 6.42 Å².